The molecule has 0 saturated carbocycles. The molecule has 1 aromatic heterocycles. The number of ether oxygens (including phenoxy) is 2. The van der Waals surface area contributed by atoms with Crippen LogP contribution in [0.2, 0.25) is 0 Å². The van der Waals surface area contributed by atoms with Crippen molar-refractivity contribution in [3.05, 3.63) is 27.7 Å². The van der Waals surface area contributed by atoms with Crippen molar-refractivity contribution in [1.82, 2.24) is 4.98 Å². The van der Waals surface area contributed by atoms with Crippen LogP contribution in [-0.4, -0.2) is 24.4 Å². The van der Waals surface area contributed by atoms with E-state index in [1.165, 1.54) is 0 Å². The van der Waals surface area contributed by atoms with Gasteiger partial charge in [0.1, 0.15) is 0 Å². The van der Waals surface area contributed by atoms with Crippen molar-refractivity contribution in [2.24, 2.45) is 5.73 Å². The minimum absolute atomic E-state index is 0.105. The summed E-state index contributed by atoms with van der Waals surface area (Å²) in [6.07, 6.45) is -4.25. The number of aromatic amines is 1. The number of alkyl halides is 3. The third-order valence-corrected chi connectivity index (χ3v) is 2.23. The Morgan fingerprint density at radius 3 is 2.58 bits per heavy atom. The molecule has 0 aromatic carbocycles. The molecule has 0 amide bonds. The maximum atomic E-state index is 12.2. The summed E-state index contributed by atoms with van der Waals surface area (Å²) in [4.78, 5) is 24.5. The summed E-state index contributed by atoms with van der Waals surface area (Å²) in [5.74, 6) is -1.64. The van der Waals surface area contributed by atoms with Gasteiger partial charge in [0.05, 0.1) is 13.5 Å². The van der Waals surface area contributed by atoms with E-state index >= 15 is 0 Å². The number of rotatable bonds is 4. The molecule has 19 heavy (non-hydrogen) atoms. The number of esters is 1. The molecule has 0 bridgehead atoms. The lowest BCUT2D eigenvalue weighted by molar-refractivity contribution is -0.275. The molecule has 0 unspecified atom stereocenters. The standard InChI is InChI=1S/C10H11F3N2O4/c1-18-7(16)2-5-4-15-9(17)8(6(5)3-14)19-10(11,12)13/h4H,2-3,14H2,1H3,(H,15,17). The van der Waals surface area contributed by atoms with Crippen molar-refractivity contribution in [2.75, 3.05) is 7.11 Å². The average Bonchev–Trinajstić information content (AvgIpc) is 2.31. The highest BCUT2D eigenvalue weighted by molar-refractivity contribution is 5.73. The molecule has 0 aliphatic rings. The monoisotopic (exact) mass is 280 g/mol. The Balaban J connectivity index is 3.25. The number of carbonyl (C=O) groups excluding carboxylic acids is 1. The van der Waals surface area contributed by atoms with Crippen LogP contribution in [0.5, 0.6) is 5.75 Å². The largest absolute Gasteiger partial charge is 0.573 e. The van der Waals surface area contributed by atoms with E-state index in [2.05, 4.69) is 14.5 Å². The summed E-state index contributed by atoms with van der Waals surface area (Å²) >= 11 is 0. The molecule has 0 spiro atoms. The minimum Gasteiger partial charge on any atom is -0.469 e. The summed E-state index contributed by atoms with van der Waals surface area (Å²) in [5, 5.41) is 0. The Kier molecular flexibility index (Phi) is 4.54. The van der Waals surface area contributed by atoms with Crippen molar-refractivity contribution in [2.45, 2.75) is 19.3 Å². The van der Waals surface area contributed by atoms with Crippen molar-refractivity contribution in [3.8, 4) is 5.75 Å². The smallest absolute Gasteiger partial charge is 0.469 e. The molecule has 1 heterocycles. The number of hydrogen-bond donors (Lipinski definition) is 2. The molecule has 3 N–H and O–H groups in total. The van der Waals surface area contributed by atoms with Crippen molar-refractivity contribution in [3.63, 3.8) is 0 Å². The fraction of sp³-hybridized carbons (Fsp3) is 0.400. The molecular weight excluding hydrogens is 269 g/mol. The molecule has 0 aliphatic heterocycles. The van der Waals surface area contributed by atoms with Crippen LogP contribution in [0.25, 0.3) is 0 Å². The van der Waals surface area contributed by atoms with Crippen LogP contribution < -0.4 is 16.0 Å². The molecule has 1 aromatic rings. The minimum atomic E-state index is -5.03. The number of pyridine rings is 1. The van der Waals surface area contributed by atoms with E-state index in [0.717, 1.165) is 13.3 Å². The SMILES string of the molecule is COC(=O)Cc1c[nH]c(=O)c(OC(F)(F)F)c1CN. The fourth-order valence-electron chi connectivity index (χ4n) is 1.42. The predicted octanol–water partition coefficient (Wildman–Crippen LogP) is 0.448. The Morgan fingerprint density at radius 2 is 2.11 bits per heavy atom. The number of nitrogens with two attached hydrogens (primary N) is 1. The molecular formula is C10H11F3N2O4. The van der Waals surface area contributed by atoms with E-state index in [1.807, 2.05) is 0 Å². The number of aromatic nitrogens is 1. The predicted molar refractivity (Wildman–Crippen MR) is 57.4 cm³/mol. The first-order chi connectivity index (χ1) is 8.78. The number of nitrogens with one attached hydrogen (secondary N) is 1. The van der Waals surface area contributed by atoms with Crippen molar-refractivity contribution < 1.29 is 27.4 Å². The van der Waals surface area contributed by atoms with Gasteiger partial charge in [-0.25, -0.2) is 0 Å². The lowest BCUT2D eigenvalue weighted by atomic mass is 10.1. The summed E-state index contributed by atoms with van der Waals surface area (Å²) < 4.78 is 44.6. The number of carbonyl (C=O) groups is 1. The highest BCUT2D eigenvalue weighted by atomic mass is 19.4. The van der Waals surface area contributed by atoms with Crippen LogP contribution in [0.15, 0.2) is 11.0 Å². The molecule has 0 atom stereocenters. The Hall–Kier alpha value is -2.03. The van der Waals surface area contributed by atoms with Crippen LogP contribution in [0.1, 0.15) is 11.1 Å². The van der Waals surface area contributed by atoms with E-state index in [1.54, 1.807) is 0 Å². The number of hydrogen-bond acceptors (Lipinski definition) is 5. The number of H-pyrrole nitrogens is 1. The molecule has 9 heteroatoms. The van der Waals surface area contributed by atoms with Gasteiger partial charge in [-0.2, -0.15) is 0 Å². The van der Waals surface area contributed by atoms with Gasteiger partial charge in [-0.3, -0.25) is 9.59 Å². The molecule has 6 nitrogen and oxygen atoms in total. The molecule has 0 fully saturated rings. The zero-order valence-electron chi connectivity index (χ0n) is 9.84. The first kappa shape index (κ1) is 15.0. The third kappa shape index (κ3) is 3.98. The van der Waals surface area contributed by atoms with Gasteiger partial charge in [0, 0.05) is 18.3 Å². The van der Waals surface area contributed by atoms with Crippen molar-refractivity contribution >= 4 is 5.97 Å². The molecule has 0 aliphatic carbocycles. The van der Waals surface area contributed by atoms with Crippen LogP contribution in [-0.2, 0) is 22.5 Å². The third-order valence-electron chi connectivity index (χ3n) is 2.23. The van der Waals surface area contributed by atoms with Gasteiger partial charge in [-0.1, -0.05) is 0 Å². The quantitative estimate of drug-likeness (QED) is 0.781. The number of halogens is 3. The molecule has 0 saturated heterocycles. The normalized spacial score (nSPS) is 11.2. The summed E-state index contributed by atoms with van der Waals surface area (Å²) in [5.41, 5.74) is 4.14. The number of methoxy groups -OCH3 is 1. The van der Waals surface area contributed by atoms with Gasteiger partial charge in [-0.05, 0) is 5.56 Å². The van der Waals surface area contributed by atoms with Crippen LogP contribution in [0.3, 0.4) is 0 Å². The highest BCUT2D eigenvalue weighted by Crippen LogP contribution is 2.24. The van der Waals surface area contributed by atoms with Gasteiger partial charge >= 0.3 is 12.3 Å². The topological polar surface area (TPSA) is 94.4 Å². The lowest BCUT2D eigenvalue weighted by Crippen LogP contribution is -2.26. The van der Waals surface area contributed by atoms with Gasteiger partial charge < -0.3 is 20.2 Å². The zero-order valence-corrected chi connectivity index (χ0v) is 9.84. The Bertz CT molecular complexity index is 524. The van der Waals surface area contributed by atoms with E-state index in [4.69, 9.17) is 5.73 Å². The van der Waals surface area contributed by atoms with Gasteiger partial charge in [0.15, 0.2) is 5.75 Å². The summed E-state index contributed by atoms with van der Waals surface area (Å²) in [6.45, 7) is -0.387. The second-order valence-electron chi connectivity index (χ2n) is 3.46. The van der Waals surface area contributed by atoms with Gasteiger partial charge in [0.25, 0.3) is 5.56 Å². The van der Waals surface area contributed by atoms with E-state index < -0.39 is 23.6 Å². The molecule has 106 valence electrons. The summed E-state index contributed by atoms with van der Waals surface area (Å²) in [7, 11) is 1.13. The van der Waals surface area contributed by atoms with E-state index in [9.17, 15) is 22.8 Å². The maximum Gasteiger partial charge on any atom is 0.573 e. The van der Waals surface area contributed by atoms with Gasteiger partial charge in [-0.15, -0.1) is 13.2 Å². The Labute approximate surface area is 105 Å². The zero-order chi connectivity index (χ0) is 14.6. The van der Waals surface area contributed by atoms with E-state index in [-0.39, 0.29) is 24.1 Å². The van der Waals surface area contributed by atoms with E-state index in [0.29, 0.717) is 0 Å². The maximum absolute atomic E-state index is 12.2. The first-order valence-electron chi connectivity index (χ1n) is 5.04. The van der Waals surface area contributed by atoms with Crippen LogP contribution in [0, 0.1) is 0 Å². The van der Waals surface area contributed by atoms with Gasteiger partial charge in [0.2, 0.25) is 0 Å². The molecule has 1 rings (SSSR count). The second kappa shape index (κ2) is 5.74. The lowest BCUT2D eigenvalue weighted by Gasteiger charge is -2.14. The first-order valence-corrected chi connectivity index (χ1v) is 5.04. The summed E-state index contributed by atoms with van der Waals surface area (Å²) in [6, 6.07) is 0. The highest BCUT2D eigenvalue weighted by Gasteiger charge is 2.34. The van der Waals surface area contributed by atoms with Crippen LogP contribution in [0.4, 0.5) is 13.2 Å². The second-order valence-corrected chi connectivity index (χ2v) is 3.46. The van der Waals surface area contributed by atoms with Crippen molar-refractivity contribution in [1.29, 1.82) is 0 Å². The average molecular weight is 280 g/mol. The fourth-order valence-corrected chi connectivity index (χ4v) is 1.42. The molecule has 0 radical (unpaired) electrons. The van der Waals surface area contributed by atoms with Crippen LogP contribution >= 0.6 is 0 Å². The Morgan fingerprint density at radius 1 is 1.47 bits per heavy atom.